The molecule has 1 fully saturated rings. The summed E-state index contributed by atoms with van der Waals surface area (Å²) in [7, 11) is 0. The van der Waals surface area contributed by atoms with Crippen LogP contribution in [0, 0.1) is 0 Å². The highest BCUT2D eigenvalue weighted by atomic mass is 15.1. The highest BCUT2D eigenvalue weighted by Crippen LogP contribution is 2.14. The van der Waals surface area contributed by atoms with Crippen LogP contribution in [0.1, 0.15) is 65.2 Å². The molecule has 1 aliphatic heterocycles. The van der Waals surface area contributed by atoms with Crippen LogP contribution in [-0.4, -0.2) is 37.1 Å². The van der Waals surface area contributed by atoms with Crippen molar-refractivity contribution in [2.45, 2.75) is 71.3 Å². The van der Waals surface area contributed by atoms with Gasteiger partial charge in [-0.1, -0.05) is 26.2 Å². The summed E-state index contributed by atoms with van der Waals surface area (Å²) in [6, 6.07) is 0.788. The molecule has 0 aliphatic carbocycles. The minimum atomic E-state index is 0.788. The SMILES string of the molecule is CCCNCCCC(C)N1CCCCCCC1. The molecule has 1 saturated heterocycles. The van der Waals surface area contributed by atoms with E-state index in [1.807, 2.05) is 0 Å². The van der Waals surface area contributed by atoms with Crippen LogP contribution >= 0.6 is 0 Å². The van der Waals surface area contributed by atoms with Crippen LogP contribution in [0.4, 0.5) is 0 Å². The van der Waals surface area contributed by atoms with Gasteiger partial charge in [0, 0.05) is 6.04 Å². The van der Waals surface area contributed by atoms with Gasteiger partial charge in [0.05, 0.1) is 0 Å². The lowest BCUT2D eigenvalue weighted by molar-refractivity contribution is 0.180. The van der Waals surface area contributed by atoms with Crippen LogP contribution in [0.2, 0.25) is 0 Å². The van der Waals surface area contributed by atoms with Crippen molar-refractivity contribution in [1.29, 1.82) is 0 Å². The second-order valence-corrected chi connectivity index (χ2v) is 5.54. The largest absolute Gasteiger partial charge is 0.317 e. The fourth-order valence-corrected chi connectivity index (χ4v) is 2.72. The zero-order chi connectivity index (χ0) is 12.3. The van der Waals surface area contributed by atoms with E-state index in [4.69, 9.17) is 0 Å². The number of rotatable bonds is 7. The smallest absolute Gasteiger partial charge is 0.00674 e. The monoisotopic (exact) mass is 240 g/mol. The molecule has 0 aromatic rings. The first-order valence-electron chi connectivity index (χ1n) is 7.79. The highest BCUT2D eigenvalue weighted by molar-refractivity contribution is 4.70. The molecule has 0 radical (unpaired) electrons. The van der Waals surface area contributed by atoms with Gasteiger partial charge in [-0.25, -0.2) is 0 Å². The van der Waals surface area contributed by atoms with E-state index in [1.165, 1.54) is 77.5 Å². The van der Waals surface area contributed by atoms with Crippen molar-refractivity contribution in [1.82, 2.24) is 10.2 Å². The standard InChI is InChI=1S/C15H32N2/c1-3-11-16-12-9-10-15(2)17-13-7-5-4-6-8-14-17/h15-16H,3-14H2,1-2H3. The summed E-state index contributed by atoms with van der Waals surface area (Å²) in [6.45, 7) is 9.70. The Morgan fingerprint density at radius 3 is 2.29 bits per heavy atom. The quantitative estimate of drug-likeness (QED) is 0.686. The number of hydrogen-bond donors (Lipinski definition) is 1. The summed E-state index contributed by atoms with van der Waals surface area (Å²) in [4.78, 5) is 2.72. The molecule has 1 heterocycles. The lowest BCUT2D eigenvalue weighted by Crippen LogP contribution is -2.36. The molecule has 1 N–H and O–H groups in total. The first-order chi connectivity index (χ1) is 8.34. The first kappa shape index (κ1) is 15.0. The summed E-state index contributed by atoms with van der Waals surface area (Å²) in [6.07, 6.45) is 11.1. The topological polar surface area (TPSA) is 15.3 Å². The van der Waals surface area contributed by atoms with E-state index in [-0.39, 0.29) is 0 Å². The molecule has 0 amide bonds. The summed E-state index contributed by atoms with van der Waals surface area (Å²) >= 11 is 0. The van der Waals surface area contributed by atoms with Crippen LogP contribution in [0.15, 0.2) is 0 Å². The molecule has 1 atom stereocenters. The molecule has 2 nitrogen and oxygen atoms in total. The Labute approximate surface area is 108 Å². The van der Waals surface area contributed by atoms with E-state index in [2.05, 4.69) is 24.1 Å². The lowest BCUT2D eigenvalue weighted by Gasteiger charge is -2.30. The average molecular weight is 240 g/mol. The van der Waals surface area contributed by atoms with Crippen molar-refractivity contribution in [2.24, 2.45) is 0 Å². The summed E-state index contributed by atoms with van der Waals surface area (Å²) in [5.41, 5.74) is 0. The van der Waals surface area contributed by atoms with Crippen LogP contribution in [0.3, 0.4) is 0 Å². The highest BCUT2D eigenvalue weighted by Gasteiger charge is 2.14. The predicted octanol–water partition coefficient (Wildman–Crippen LogP) is 3.42. The van der Waals surface area contributed by atoms with Gasteiger partial charge in [0.25, 0.3) is 0 Å². The molecule has 0 aromatic carbocycles. The summed E-state index contributed by atoms with van der Waals surface area (Å²) in [5.74, 6) is 0. The molecule has 1 rings (SSSR count). The maximum atomic E-state index is 3.50. The molecule has 0 bridgehead atoms. The van der Waals surface area contributed by atoms with Gasteiger partial charge in [-0.2, -0.15) is 0 Å². The number of likely N-dealkylation sites (tertiary alicyclic amines) is 1. The zero-order valence-electron chi connectivity index (χ0n) is 12.0. The summed E-state index contributed by atoms with van der Waals surface area (Å²) in [5, 5.41) is 3.50. The van der Waals surface area contributed by atoms with Crippen LogP contribution in [0.25, 0.3) is 0 Å². The minimum absolute atomic E-state index is 0.788. The Balaban J connectivity index is 2.09. The van der Waals surface area contributed by atoms with Gasteiger partial charge in [0.15, 0.2) is 0 Å². The second kappa shape index (κ2) is 9.90. The Morgan fingerprint density at radius 2 is 1.65 bits per heavy atom. The molecule has 102 valence electrons. The third kappa shape index (κ3) is 7.05. The lowest BCUT2D eigenvalue weighted by atomic mass is 10.1. The number of nitrogens with one attached hydrogen (secondary N) is 1. The third-order valence-corrected chi connectivity index (χ3v) is 3.92. The normalized spacial score (nSPS) is 20.8. The van der Waals surface area contributed by atoms with Crippen molar-refractivity contribution in [3.8, 4) is 0 Å². The molecule has 1 unspecified atom stereocenters. The molecule has 0 spiro atoms. The maximum Gasteiger partial charge on any atom is 0.00674 e. The van der Waals surface area contributed by atoms with Crippen molar-refractivity contribution < 1.29 is 0 Å². The van der Waals surface area contributed by atoms with E-state index in [9.17, 15) is 0 Å². The van der Waals surface area contributed by atoms with Gasteiger partial charge in [-0.15, -0.1) is 0 Å². The van der Waals surface area contributed by atoms with Crippen LogP contribution in [0.5, 0.6) is 0 Å². The van der Waals surface area contributed by atoms with Crippen molar-refractivity contribution >= 4 is 0 Å². The van der Waals surface area contributed by atoms with Gasteiger partial charge in [0.1, 0.15) is 0 Å². The molecular formula is C15H32N2. The van der Waals surface area contributed by atoms with Gasteiger partial charge in [-0.3, -0.25) is 0 Å². The van der Waals surface area contributed by atoms with Crippen molar-refractivity contribution in [2.75, 3.05) is 26.2 Å². The average Bonchev–Trinajstić information content (AvgIpc) is 2.28. The van der Waals surface area contributed by atoms with E-state index in [0.29, 0.717) is 0 Å². The van der Waals surface area contributed by atoms with E-state index < -0.39 is 0 Å². The Hall–Kier alpha value is -0.0800. The van der Waals surface area contributed by atoms with E-state index in [1.54, 1.807) is 0 Å². The molecular weight excluding hydrogens is 208 g/mol. The van der Waals surface area contributed by atoms with E-state index in [0.717, 1.165) is 6.04 Å². The Morgan fingerprint density at radius 1 is 1.00 bits per heavy atom. The molecule has 0 aromatic heterocycles. The second-order valence-electron chi connectivity index (χ2n) is 5.54. The fourth-order valence-electron chi connectivity index (χ4n) is 2.72. The van der Waals surface area contributed by atoms with Gasteiger partial charge >= 0.3 is 0 Å². The maximum absolute atomic E-state index is 3.50. The molecule has 0 saturated carbocycles. The van der Waals surface area contributed by atoms with Crippen molar-refractivity contribution in [3.63, 3.8) is 0 Å². The van der Waals surface area contributed by atoms with Crippen LogP contribution in [-0.2, 0) is 0 Å². The molecule has 17 heavy (non-hydrogen) atoms. The Kier molecular flexibility index (Phi) is 8.72. The van der Waals surface area contributed by atoms with Crippen LogP contribution < -0.4 is 5.32 Å². The van der Waals surface area contributed by atoms with Crippen molar-refractivity contribution in [3.05, 3.63) is 0 Å². The number of nitrogens with zero attached hydrogens (tertiary/aromatic N) is 1. The Bertz CT molecular complexity index is 162. The van der Waals surface area contributed by atoms with Gasteiger partial charge < -0.3 is 10.2 Å². The third-order valence-electron chi connectivity index (χ3n) is 3.92. The fraction of sp³-hybridized carbons (Fsp3) is 1.00. The number of hydrogen-bond acceptors (Lipinski definition) is 2. The van der Waals surface area contributed by atoms with E-state index >= 15 is 0 Å². The first-order valence-corrected chi connectivity index (χ1v) is 7.79. The predicted molar refractivity (Wildman–Crippen MR) is 76.5 cm³/mol. The van der Waals surface area contributed by atoms with Gasteiger partial charge in [-0.05, 0) is 65.2 Å². The zero-order valence-corrected chi connectivity index (χ0v) is 12.0. The molecule has 1 aliphatic rings. The van der Waals surface area contributed by atoms with Gasteiger partial charge in [0.2, 0.25) is 0 Å². The minimum Gasteiger partial charge on any atom is -0.317 e. The summed E-state index contributed by atoms with van der Waals surface area (Å²) < 4.78 is 0. The molecule has 2 heteroatoms.